The fourth-order valence-corrected chi connectivity index (χ4v) is 1.95. The van der Waals surface area contributed by atoms with Crippen LogP contribution >= 0.6 is 12.2 Å². The molecule has 0 N–H and O–H groups in total. The number of hydrogen-bond acceptors (Lipinski definition) is 2. The SMILES string of the molecule is C=C(C#CC(=C)/C=C(/F)C(=C)N=C=S)/C=C\C(=C)CCCCCCC. The lowest BCUT2D eigenvalue weighted by molar-refractivity contribution is 0.633. The Kier molecular flexibility index (Phi) is 12.8. The summed E-state index contributed by atoms with van der Waals surface area (Å²) in [6, 6.07) is 0. The van der Waals surface area contributed by atoms with Crippen molar-refractivity contribution >= 4 is 17.4 Å². The van der Waals surface area contributed by atoms with Gasteiger partial charge in [0, 0.05) is 11.1 Å². The summed E-state index contributed by atoms with van der Waals surface area (Å²) in [5.74, 6) is 4.90. The van der Waals surface area contributed by atoms with Crippen molar-refractivity contribution in [3.05, 3.63) is 72.8 Å². The lowest BCUT2D eigenvalue weighted by Crippen LogP contribution is -1.81. The first-order valence-corrected chi connectivity index (χ1v) is 8.71. The van der Waals surface area contributed by atoms with Gasteiger partial charge in [0.1, 0.15) is 11.5 Å². The minimum atomic E-state index is -0.644. The van der Waals surface area contributed by atoms with Gasteiger partial charge in [-0.2, -0.15) is 4.99 Å². The second-order valence-electron chi connectivity index (χ2n) is 5.60. The van der Waals surface area contributed by atoms with Crippen LogP contribution in [-0.4, -0.2) is 5.16 Å². The molecule has 132 valence electrons. The molecule has 0 amide bonds. The molecular formula is C22H26FNS. The Bertz CT molecular complexity index is 677. The molecule has 0 fully saturated rings. The summed E-state index contributed by atoms with van der Waals surface area (Å²) in [5.41, 5.74) is 1.85. The maximum atomic E-state index is 13.6. The Morgan fingerprint density at radius 3 is 2.28 bits per heavy atom. The average Bonchev–Trinajstić information content (AvgIpc) is 2.58. The number of isothiocyanates is 1. The Balaban J connectivity index is 4.42. The summed E-state index contributed by atoms with van der Waals surface area (Å²) in [6.07, 6.45) is 12.1. The van der Waals surface area contributed by atoms with E-state index in [0.29, 0.717) is 11.1 Å². The fourth-order valence-electron chi connectivity index (χ4n) is 1.84. The van der Waals surface area contributed by atoms with E-state index < -0.39 is 5.83 Å². The van der Waals surface area contributed by atoms with Gasteiger partial charge in [0.25, 0.3) is 0 Å². The van der Waals surface area contributed by atoms with Crippen LogP contribution in [0.5, 0.6) is 0 Å². The van der Waals surface area contributed by atoms with Crippen molar-refractivity contribution in [1.82, 2.24) is 0 Å². The molecule has 0 radical (unpaired) electrons. The van der Waals surface area contributed by atoms with Crippen LogP contribution in [0.15, 0.2) is 77.8 Å². The van der Waals surface area contributed by atoms with Gasteiger partial charge in [-0.1, -0.05) is 82.4 Å². The number of allylic oxidation sites excluding steroid dienone is 7. The standard InChI is InChI=1S/C22H26FNS/c1-6-7-8-9-10-11-18(2)12-13-19(3)14-15-20(4)16-22(23)21(5)24-17-25/h12-13,16H,2-11H2,1H3/b13-12-,22-16+. The van der Waals surface area contributed by atoms with Crippen molar-refractivity contribution in [2.45, 2.75) is 45.4 Å². The Hall–Kier alpha value is -2.27. The number of rotatable bonds is 11. The first-order chi connectivity index (χ1) is 11.9. The third-order valence-electron chi connectivity index (χ3n) is 3.26. The van der Waals surface area contributed by atoms with Gasteiger partial charge in [-0.25, -0.2) is 4.39 Å². The molecule has 0 unspecified atom stereocenters. The summed E-state index contributed by atoms with van der Waals surface area (Å²) < 4.78 is 13.6. The van der Waals surface area contributed by atoms with E-state index in [1.807, 2.05) is 12.2 Å². The summed E-state index contributed by atoms with van der Waals surface area (Å²) in [6.45, 7) is 17.2. The van der Waals surface area contributed by atoms with E-state index in [4.69, 9.17) is 0 Å². The Morgan fingerprint density at radius 2 is 1.64 bits per heavy atom. The quantitative estimate of drug-likeness (QED) is 0.127. The van der Waals surface area contributed by atoms with Crippen molar-refractivity contribution in [2.24, 2.45) is 4.99 Å². The van der Waals surface area contributed by atoms with Crippen molar-refractivity contribution in [1.29, 1.82) is 0 Å². The molecule has 0 aliphatic rings. The predicted octanol–water partition coefficient (Wildman–Crippen LogP) is 7.05. The highest BCUT2D eigenvalue weighted by Crippen LogP contribution is 2.13. The number of aliphatic imine (C=N–C) groups is 1. The van der Waals surface area contributed by atoms with E-state index in [2.05, 4.69) is 67.5 Å². The molecule has 0 aromatic rings. The van der Waals surface area contributed by atoms with E-state index in [-0.39, 0.29) is 5.70 Å². The van der Waals surface area contributed by atoms with Gasteiger partial charge in [-0.3, -0.25) is 0 Å². The Morgan fingerprint density at radius 1 is 1.00 bits per heavy atom. The van der Waals surface area contributed by atoms with Crippen LogP contribution in [0, 0.1) is 11.8 Å². The van der Waals surface area contributed by atoms with Crippen LogP contribution < -0.4 is 0 Å². The minimum absolute atomic E-state index is 0.105. The molecule has 0 heterocycles. The molecule has 1 nitrogen and oxygen atoms in total. The highest BCUT2D eigenvalue weighted by Gasteiger charge is 1.99. The molecule has 3 heteroatoms. The van der Waals surface area contributed by atoms with Crippen molar-refractivity contribution < 1.29 is 4.39 Å². The molecule has 0 aromatic carbocycles. The topological polar surface area (TPSA) is 12.4 Å². The fraction of sp³-hybridized carbons (Fsp3) is 0.318. The van der Waals surface area contributed by atoms with Crippen molar-refractivity contribution in [3.8, 4) is 11.8 Å². The van der Waals surface area contributed by atoms with E-state index in [0.717, 1.165) is 24.5 Å². The lowest BCUT2D eigenvalue weighted by Gasteiger charge is -2.00. The molecule has 0 saturated heterocycles. The molecule has 0 atom stereocenters. The first kappa shape index (κ1) is 22.7. The molecule has 25 heavy (non-hydrogen) atoms. The van der Waals surface area contributed by atoms with E-state index in [1.54, 1.807) is 0 Å². The maximum absolute atomic E-state index is 13.6. The minimum Gasteiger partial charge on any atom is -0.205 e. The zero-order valence-electron chi connectivity index (χ0n) is 15.0. The van der Waals surface area contributed by atoms with Crippen LogP contribution in [0.3, 0.4) is 0 Å². The lowest BCUT2D eigenvalue weighted by atomic mass is 10.1. The highest BCUT2D eigenvalue weighted by atomic mass is 32.1. The molecule has 0 saturated carbocycles. The number of nitrogens with zero attached hydrogens (tertiary/aromatic N) is 1. The Labute approximate surface area is 157 Å². The van der Waals surface area contributed by atoms with Crippen LogP contribution in [0.2, 0.25) is 0 Å². The van der Waals surface area contributed by atoms with Crippen molar-refractivity contribution in [3.63, 3.8) is 0 Å². The van der Waals surface area contributed by atoms with Crippen LogP contribution in [0.25, 0.3) is 0 Å². The molecule has 0 aliphatic carbocycles. The normalized spacial score (nSPS) is 10.6. The number of unbranched alkanes of at least 4 members (excludes halogenated alkanes) is 4. The number of halogens is 1. The van der Waals surface area contributed by atoms with Crippen LogP contribution in [0.1, 0.15) is 45.4 Å². The summed E-state index contributed by atoms with van der Waals surface area (Å²) in [5, 5.41) is 2.05. The zero-order valence-corrected chi connectivity index (χ0v) is 15.9. The largest absolute Gasteiger partial charge is 0.205 e. The second-order valence-corrected chi connectivity index (χ2v) is 5.78. The average molecular weight is 356 g/mol. The first-order valence-electron chi connectivity index (χ1n) is 8.30. The molecule has 0 spiro atoms. The second kappa shape index (κ2) is 14.1. The molecule has 0 rings (SSSR count). The van der Waals surface area contributed by atoms with Gasteiger partial charge in [-0.05, 0) is 37.2 Å². The smallest absolute Gasteiger partial charge is 0.150 e. The van der Waals surface area contributed by atoms with E-state index >= 15 is 0 Å². The molecule has 0 bridgehead atoms. The maximum Gasteiger partial charge on any atom is 0.150 e. The number of hydrogen-bond donors (Lipinski definition) is 0. The summed E-state index contributed by atoms with van der Waals surface area (Å²) in [4.78, 5) is 3.46. The van der Waals surface area contributed by atoms with Crippen molar-refractivity contribution in [2.75, 3.05) is 0 Å². The highest BCUT2D eigenvalue weighted by molar-refractivity contribution is 7.78. The van der Waals surface area contributed by atoms with Gasteiger partial charge in [-0.15, -0.1) is 0 Å². The number of thiocarbonyl (C=S) groups is 1. The third-order valence-corrected chi connectivity index (χ3v) is 3.35. The van der Waals surface area contributed by atoms with Crippen LogP contribution in [-0.2, 0) is 0 Å². The van der Waals surface area contributed by atoms with Crippen LogP contribution in [0.4, 0.5) is 4.39 Å². The van der Waals surface area contributed by atoms with Gasteiger partial charge in [0.15, 0.2) is 0 Å². The third kappa shape index (κ3) is 12.8. The van der Waals surface area contributed by atoms with E-state index in [9.17, 15) is 4.39 Å². The summed E-state index contributed by atoms with van der Waals surface area (Å²) in [7, 11) is 0. The van der Waals surface area contributed by atoms with Gasteiger partial charge in [0.05, 0.1) is 5.16 Å². The summed E-state index contributed by atoms with van der Waals surface area (Å²) >= 11 is 4.39. The van der Waals surface area contributed by atoms with E-state index in [1.165, 1.54) is 25.7 Å². The van der Waals surface area contributed by atoms with Gasteiger partial charge >= 0.3 is 0 Å². The van der Waals surface area contributed by atoms with Gasteiger partial charge in [0.2, 0.25) is 0 Å². The molecule has 0 aliphatic heterocycles. The predicted molar refractivity (Wildman–Crippen MR) is 111 cm³/mol. The monoisotopic (exact) mass is 355 g/mol. The zero-order chi connectivity index (χ0) is 19.1. The molecule has 0 aromatic heterocycles. The molecular weight excluding hydrogens is 329 g/mol. The van der Waals surface area contributed by atoms with Gasteiger partial charge < -0.3 is 0 Å².